The van der Waals surface area contributed by atoms with Gasteiger partial charge in [-0.1, -0.05) is 6.92 Å². The number of aliphatic hydroxyl groups excluding tert-OH is 1. The molecule has 0 aliphatic carbocycles. The molecule has 1 saturated heterocycles. The molecule has 13 heavy (non-hydrogen) atoms. The van der Waals surface area contributed by atoms with Crippen molar-refractivity contribution < 1.29 is 9.90 Å². The fourth-order valence-corrected chi connectivity index (χ4v) is 2.45. The molecule has 2 N–H and O–H groups in total. The summed E-state index contributed by atoms with van der Waals surface area (Å²) < 4.78 is 0. The SMILES string of the molecule is CCC(O)CNC(=O)C1CCCS1. The van der Waals surface area contributed by atoms with Crippen LogP contribution in [0.25, 0.3) is 0 Å². The van der Waals surface area contributed by atoms with Gasteiger partial charge in [-0.15, -0.1) is 11.8 Å². The van der Waals surface area contributed by atoms with E-state index in [1.165, 1.54) is 0 Å². The van der Waals surface area contributed by atoms with Gasteiger partial charge in [-0.05, 0) is 25.0 Å². The van der Waals surface area contributed by atoms with Gasteiger partial charge in [0.2, 0.25) is 5.91 Å². The average molecular weight is 203 g/mol. The van der Waals surface area contributed by atoms with Gasteiger partial charge in [0, 0.05) is 6.54 Å². The van der Waals surface area contributed by atoms with Crippen molar-refractivity contribution in [1.29, 1.82) is 0 Å². The van der Waals surface area contributed by atoms with E-state index in [4.69, 9.17) is 0 Å². The zero-order valence-corrected chi connectivity index (χ0v) is 8.77. The van der Waals surface area contributed by atoms with Crippen LogP contribution in [0.15, 0.2) is 0 Å². The molecular formula is C9H17NO2S. The summed E-state index contributed by atoms with van der Waals surface area (Å²) in [5.41, 5.74) is 0. The molecule has 2 unspecified atom stereocenters. The minimum absolute atomic E-state index is 0.0926. The lowest BCUT2D eigenvalue weighted by Crippen LogP contribution is -2.36. The summed E-state index contributed by atoms with van der Waals surface area (Å²) in [4.78, 5) is 11.4. The molecule has 0 aromatic carbocycles. The molecule has 0 aromatic rings. The molecule has 0 spiro atoms. The van der Waals surface area contributed by atoms with Crippen molar-refractivity contribution in [2.45, 2.75) is 37.5 Å². The first-order valence-electron chi connectivity index (χ1n) is 4.81. The number of hydrogen-bond donors (Lipinski definition) is 2. The van der Waals surface area contributed by atoms with Gasteiger partial charge >= 0.3 is 0 Å². The molecule has 0 aromatic heterocycles. The number of amides is 1. The third-order valence-corrected chi connectivity index (χ3v) is 3.58. The second kappa shape index (κ2) is 5.50. The molecule has 1 amide bonds. The first-order chi connectivity index (χ1) is 6.24. The van der Waals surface area contributed by atoms with E-state index in [2.05, 4.69) is 5.32 Å². The largest absolute Gasteiger partial charge is 0.391 e. The normalized spacial score (nSPS) is 24.3. The lowest BCUT2D eigenvalue weighted by atomic mass is 10.2. The smallest absolute Gasteiger partial charge is 0.233 e. The molecule has 1 heterocycles. The molecule has 4 heteroatoms. The van der Waals surface area contributed by atoms with Gasteiger partial charge in [-0.3, -0.25) is 4.79 Å². The summed E-state index contributed by atoms with van der Waals surface area (Å²) in [6.07, 6.45) is 2.42. The first kappa shape index (κ1) is 10.9. The van der Waals surface area contributed by atoms with Crippen LogP contribution in [0.2, 0.25) is 0 Å². The summed E-state index contributed by atoms with van der Waals surface area (Å²) in [5, 5.41) is 12.1. The molecule has 1 aliphatic heterocycles. The topological polar surface area (TPSA) is 49.3 Å². The highest BCUT2D eigenvalue weighted by Crippen LogP contribution is 2.25. The highest BCUT2D eigenvalue weighted by molar-refractivity contribution is 8.00. The van der Waals surface area contributed by atoms with Crippen molar-refractivity contribution in [1.82, 2.24) is 5.32 Å². The van der Waals surface area contributed by atoms with Crippen LogP contribution >= 0.6 is 11.8 Å². The minimum Gasteiger partial charge on any atom is -0.391 e. The number of thioether (sulfide) groups is 1. The maximum Gasteiger partial charge on any atom is 0.233 e. The number of hydrogen-bond acceptors (Lipinski definition) is 3. The third kappa shape index (κ3) is 3.56. The van der Waals surface area contributed by atoms with Crippen molar-refractivity contribution in [3.05, 3.63) is 0 Å². The standard InChI is InChI=1S/C9H17NO2S/c1-2-7(11)6-10-9(12)8-4-3-5-13-8/h7-8,11H,2-6H2,1H3,(H,10,12). The van der Waals surface area contributed by atoms with Crippen molar-refractivity contribution in [2.24, 2.45) is 0 Å². The molecule has 3 nitrogen and oxygen atoms in total. The van der Waals surface area contributed by atoms with E-state index in [-0.39, 0.29) is 11.2 Å². The highest BCUT2D eigenvalue weighted by Gasteiger charge is 2.23. The van der Waals surface area contributed by atoms with E-state index in [0.717, 1.165) is 18.6 Å². The Morgan fingerprint density at radius 2 is 2.54 bits per heavy atom. The van der Waals surface area contributed by atoms with Crippen LogP contribution in [0, 0.1) is 0 Å². The molecule has 0 saturated carbocycles. The number of carbonyl (C=O) groups excluding carboxylic acids is 1. The van der Waals surface area contributed by atoms with E-state index < -0.39 is 6.10 Å². The van der Waals surface area contributed by atoms with Gasteiger partial charge in [0.1, 0.15) is 0 Å². The number of carbonyl (C=O) groups is 1. The van der Waals surface area contributed by atoms with Crippen LogP contribution < -0.4 is 5.32 Å². The van der Waals surface area contributed by atoms with Crippen LogP contribution in [-0.4, -0.2) is 34.7 Å². The van der Waals surface area contributed by atoms with Crippen molar-refractivity contribution in [3.8, 4) is 0 Å². The molecule has 1 fully saturated rings. The predicted molar refractivity (Wildman–Crippen MR) is 54.8 cm³/mol. The van der Waals surface area contributed by atoms with Gasteiger partial charge in [-0.2, -0.15) is 0 Å². The first-order valence-corrected chi connectivity index (χ1v) is 5.86. The number of nitrogens with one attached hydrogen (secondary N) is 1. The summed E-state index contributed by atoms with van der Waals surface area (Å²) in [6, 6.07) is 0. The number of aliphatic hydroxyl groups is 1. The van der Waals surface area contributed by atoms with Crippen molar-refractivity contribution in [2.75, 3.05) is 12.3 Å². The maximum atomic E-state index is 11.4. The lowest BCUT2D eigenvalue weighted by molar-refractivity contribution is -0.121. The third-order valence-electron chi connectivity index (χ3n) is 2.21. The quantitative estimate of drug-likeness (QED) is 0.709. The van der Waals surface area contributed by atoms with E-state index in [1.54, 1.807) is 11.8 Å². The van der Waals surface area contributed by atoms with Crippen LogP contribution in [0.5, 0.6) is 0 Å². The van der Waals surface area contributed by atoms with Gasteiger partial charge in [-0.25, -0.2) is 0 Å². The van der Waals surface area contributed by atoms with Crippen molar-refractivity contribution in [3.63, 3.8) is 0 Å². The van der Waals surface area contributed by atoms with Crippen molar-refractivity contribution >= 4 is 17.7 Å². The predicted octanol–water partition coefficient (Wildman–Crippen LogP) is 0.769. The molecule has 1 rings (SSSR count). The minimum atomic E-state index is -0.393. The summed E-state index contributed by atoms with van der Waals surface area (Å²) >= 11 is 1.72. The average Bonchev–Trinajstić information content (AvgIpc) is 2.66. The fraction of sp³-hybridized carbons (Fsp3) is 0.889. The van der Waals surface area contributed by atoms with E-state index >= 15 is 0 Å². The van der Waals surface area contributed by atoms with E-state index in [9.17, 15) is 9.90 Å². The van der Waals surface area contributed by atoms with Gasteiger partial charge < -0.3 is 10.4 Å². The maximum absolute atomic E-state index is 11.4. The van der Waals surface area contributed by atoms with Gasteiger partial charge in [0.05, 0.1) is 11.4 Å². The molecular weight excluding hydrogens is 186 g/mol. The Morgan fingerprint density at radius 1 is 1.77 bits per heavy atom. The monoisotopic (exact) mass is 203 g/mol. The molecule has 0 bridgehead atoms. The molecule has 1 aliphatic rings. The van der Waals surface area contributed by atoms with Crippen LogP contribution in [0.3, 0.4) is 0 Å². The zero-order chi connectivity index (χ0) is 9.68. The van der Waals surface area contributed by atoms with Gasteiger partial charge in [0.15, 0.2) is 0 Å². The second-order valence-corrected chi connectivity index (χ2v) is 4.62. The summed E-state index contributed by atoms with van der Waals surface area (Å²) in [6.45, 7) is 2.30. The Balaban J connectivity index is 2.16. The molecule has 2 atom stereocenters. The lowest BCUT2D eigenvalue weighted by Gasteiger charge is -2.12. The zero-order valence-electron chi connectivity index (χ0n) is 7.95. The highest BCUT2D eigenvalue weighted by atomic mass is 32.2. The second-order valence-electron chi connectivity index (χ2n) is 3.31. The number of rotatable bonds is 4. The van der Waals surface area contributed by atoms with E-state index in [1.807, 2.05) is 6.92 Å². The Morgan fingerprint density at radius 3 is 3.08 bits per heavy atom. The molecule has 0 radical (unpaired) electrons. The Bertz CT molecular complexity index is 169. The van der Waals surface area contributed by atoms with E-state index in [0.29, 0.717) is 13.0 Å². The Hall–Kier alpha value is -0.220. The molecule has 76 valence electrons. The Labute approximate surface area is 83.3 Å². The fourth-order valence-electron chi connectivity index (χ4n) is 1.26. The van der Waals surface area contributed by atoms with Gasteiger partial charge in [0.25, 0.3) is 0 Å². The van der Waals surface area contributed by atoms with Crippen LogP contribution in [0.1, 0.15) is 26.2 Å². The van der Waals surface area contributed by atoms with Crippen LogP contribution in [-0.2, 0) is 4.79 Å². The van der Waals surface area contributed by atoms with Crippen LogP contribution in [0.4, 0.5) is 0 Å². The summed E-state index contributed by atoms with van der Waals surface area (Å²) in [5.74, 6) is 1.18. The summed E-state index contributed by atoms with van der Waals surface area (Å²) in [7, 11) is 0. The Kier molecular flexibility index (Phi) is 4.59.